The lowest BCUT2D eigenvalue weighted by molar-refractivity contribution is 0.102. The molecule has 0 saturated heterocycles. The number of anilines is 1. The van der Waals surface area contributed by atoms with Crippen LogP contribution in [0.4, 0.5) is 10.1 Å². The van der Waals surface area contributed by atoms with E-state index in [-0.39, 0.29) is 11.7 Å². The third-order valence-electron chi connectivity index (χ3n) is 3.86. The third kappa shape index (κ3) is 4.07. The van der Waals surface area contributed by atoms with Crippen molar-refractivity contribution in [1.82, 2.24) is 15.0 Å². The number of pyridine rings is 1. The summed E-state index contributed by atoms with van der Waals surface area (Å²) in [7, 11) is 0. The molecule has 28 heavy (non-hydrogen) atoms. The number of rotatable bonds is 5. The molecule has 140 valence electrons. The predicted molar refractivity (Wildman–Crippen MR) is 105 cm³/mol. The van der Waals surface area contributed by atoms with Crippen molar-refractivity contribution in [3.8, 4) is 22.9 Å². The molecular weight excluding hydrogens is 379 g/mol. The summed E-state index contributed by atoms with van der Waals surface area (Å²) in [6.45, 7) is 1.93. The topological polar surface area (TPSA) is 79.9 Å². The lowest BCUT2D eigenvalue weighted by atomic mass is 10.2. The minimum absolute atomic E-state index is 0.293. The number of carbonyl (C=O) groups is 1. The highest BCUT2D eigenvalue weighted by molar-refractivity contribution is 7.09. The molecule has 0 saturated carbocycles. The fourth-order valence-electron chi connectivity index (χ4n) is 2.53. The Morgan fingerprint density at radius 3 is 2.86 bits per heavy atom. The number of carbonyl (C=O) groups excluding carboxylic acids is 1. The molecule has 0 aliphatic heterocycles. The molecule has 0 spiro atoms. The molecule has 0 aliphatic carbocycles. The Morgan fingerprint density at radius 1 is 1.25 bits per heavy atom. The van der Waals surface area contributed by atoms with E-state index in [1.54, 1.807) is 47.9 Å². The average molecular weight is 394 g/mol. The van der Waals surface area contributed by atoms with Gasteiger partial charge in [-0.15, -0.1) is 11.3 Å². The Kier molecular flexibility index (Phi) is 4.86. The van der Waals surface area contributed by atoms with E-state index in [0.717, 1.165) is 16.3 Å². The van der Waals surface area contributed by atoms with Gasteiger partial charge in [-0.2, -0.15) is 0 Å². The van der Waals surface area contributed by atoms with Gasteiger partial charge in [-0.05, 0) is 31.2 Å². The van der Waals surface area contributed by atoms with Gasteiger partial charge in [-0.3, -0.25) is 4.79 Å². The van der Waals surface area contributed by atoms with Crippen LogP contribution in [0.5, 0.6) is 11.6 Å². The highest BCUT2D eigenvalue weighted by Gasteiger charge is 2.12. The van der Waals surface area contributed by atoms with E-state index in [2.05, 4.69) is 20.3 Å². The molecule has 4 aromatic rings. The Morgan fingerprint density at radius 2 is 2.14 bits per heavy atom. The van der Waals surface area contributed by atoms with Crippen LogP contribution in [0.3, 0.4) is 0 Å². The Bertz CT molecular complexity index is 1120. The highest BCUT2D eigenvalue weighted by atomic mass is 32.1. The monoisotopic (exact) mass is 394 g/mol. The number of aromatic nitrogens is 3. The molecule has 6 nitrogen and oxygen atoms in total. The first-order valence-electron chi connectivity index (χ1n) is 8.38. The maximum absolute atomic E-state index is 13.2. The first-order valence-corrected chi connectivity index (χ1v) is 9.26. The van der Waals surface area contributed by atoms with E-state index >= 15 is 0 Å². The van der Waals surface area contributed by atoms with Crippen LogP contribution in [0, 0.1) is 12.7 Å². The standard InChI is InChI=1S/C20H15FN4O2S/c1-12-24-18(11-28-12)13-7-17(22-9-13)20(26)25-15-5-6-19(23-10-15)27-16-4-2-3-14(21)8-16/h2-11,22H,1H3,(H,25,26). The van der Waals surface area contributed by atoms with Gasteiger partial charge in [0.25, 0.3) is 5.91 Å². The molecule has 8 heteroatoms. The lowest BCUT2D eigenvalue weighted by Gasteiger charge is -2.06. The predicted octanol–water partition coefficient (Wildman–Crippen LogP) is 5.03. The zero-order valence-corrected chi connectivity index (χ0v) is 15.6. The minimum atomic E-state index is -0.389. The van der Waals surface area contributed by atoms with Crippen molar-refractivity contribution in [2.24, 2.45) is 0 Å². The number of thiazole rings is 1. The molecule has 0 fully saturated rings. The molecule has 4 rings (SSSR count). The van der Waals surface area contributed by atoms with Crippen LogP contribution < -0.4 is 10.1 Å². The zero-order valence-electron chi connectivity index (χ0n) is 14.8. The van der Waals surface area contributed by atoms with Crippen molar-refractivity contribution in [1.29, 1.82) is 0 Å². The average Bonchev–Trinajstić information content (AvgIpc) is 3.32. The number of aryl methyl sites for hydroxylation is 1. The van der Waals surface area contributed by atoms with Crippen molar-refractivity contribution < 1.29 is 13.9 Å². The second-order valence-electron chi connectivity index (χ2n) is 5.95. The van der Waals surface area contributed by atoms with E-state index in [1.165, 1.54) is 18.3 Å². The lowest BCUT2D eigenvalue weighted by Crippen LogP contribution is -2.12. The summed E-state index contributed by atoms with van der Waals surface area (Å²) in [5.74, 6) is -0.0385. The third-order valence-corrected chi connectivity index (χ3v) is 4.63. The number of hydrogen-bond donors (Lipinski definition) is 2. The SMILES string of the molecule is Cc1nc(-c2c[nH]c(C(=O)Nc3ccc(Oc4cccc(F)c4)nc3)c2)cs1. The first kappa shape index (κ1) is 17.9. The number of halogens is 1. The maximum Gasteiger partial charge on any atom is 0.272 e. The first-order chi connectivity index (χ1) is 13.6. The van der Waals surface area contributed by atoms with Crippen LogP contribution in [0.1, 0.15) is 15.5 Å². The Labute approximate surface area is 164 Å². The minimum Gasteiger partial charge on any atom is -0.439 e. The van der Waals surface area contributed by atoms with Crippen molar-refractivity contribution in [3.05, 3.63) is 76.8 Å². The summed E-state index contributed by atoms with van der Waals surface area (Å²) in [5.41, 5.74) is 2.61. The smallest absolute Gasteiger partial charge is 0.272 e. The number of nitrogens with zero attached hydrogens (tertiary/aromatic N) is 2. The summed E-state index contributed by atoms with van der Waals surface area (Å²) >= 11 is 1.56. The molecule has 0 unspecified atom stereocenters. The number of amides is 1. The summed E-state index contributed by atoms with van der Waals surface area (Å²) in [6, 6.07) is 10.8. The van der Waals surface area contributed by atoms with E-state index in [0.29, 0.717) is 23.0 Å². The van der Waals surface area contributed by atoms with E-state index < -0.39 is 0 Å². The van der Waals surface area contributed by atoms with Crippen LogP contribution in [0.2, 0.25) is 0 Å². The van der Waals surface area contributed by atoms with Gasteiger partial charge in [0, 0.05) is 29.3 Å². The number of H-pyrrole nitrogens is 1. The van der Waals surface area contributed by atoms with Crippen LogP contribution in [0.15, 0.2) is 60.2 Å². The molecule has 1 amide bonds. The van der Waals surface area contributed by atoms with Gasteiger partial charge in [0.2, 0.25) is 5.88 Å². The van der Waals surface area contributed by atoms with Crippen LogP contribution in [-0.4, -0.2) is 20.9 Å². The number of hydrogen-bond acceptors (Lipinski definition) is 5. The molecule has 0 atom stereocenters. The molecule has 3 heterocycles. The van der Waals surface area contributed by atoms with Crippen LogP contribution in [-0.2, 0) is 0 Å². The van der Waals surface area contributed by atoms with Crippen molar-refractivity contribution in [2.75, 3.05) is 5.32 Å². The Balaban J connectivity index is 1.41. The quantitative estimate of drug-likeness (QED) is 0.498. The molecule has 3 aromatic heterocycles. The van der Waals surface area contributed by atoms with E-state index in [1.807, 2.05) is 12.3 Å². The van der Waals surface area contributed by atoms with Gasteiger partial charge in [0.15, 0.2) is 0 Å². The van der Waals surface area contributed by atoms with Crippen molar-refractivity contribution >= 4 is 22.9 Å². The van der Waals surface area contributed by atoms with Gasteiger partial charge in [-0.1, -0.05) is 6.07 Å². The summed E-state index contributed by atoms with van der Waals surface area (Å²) in [5, 5.41) is 5.67. The zero-order chi connectivity index (χ0) is 19.5. The summed E-state index contributed by atoms with van der Waals surface area (Å²) < 4.78 is 18.7. The largest absolute Gasteiger partial charge is 0.439 e. The molecule has 0 aliphatic rings. The van der Waals surface area contributed by atoms with Gasteiger partial charge in [-0.25, -0.2) is 14.4 Å². The fraction of sp³-hybridized carbons (Fsp3) is 0.0500. The second kappa shape index (κ2) is 7.61. The number of nitrogens with one attached hydrogen (secondary N) is 2. The van der Waals surface area contributed by atoms with Gasteiger partial charge >= 0.3 is 0 Å². The van der Waals surface area contributed by atoms with Gasteiger partial charge < -0.3 is 15.0 Å². The summed E-state index contributed by atoms with van der Waals surface area (Å²) in [6.07, 6.45) is 3.22. The highest BCUT2D eigenvalue weighted by Crippen LogP contribution is 2.23. The molecule has 2 N–H and O–H groups in total. The fourth-order valence-corrected chi connectivity index (χ4v) is 3.16. The van der Waals surface area contributed by atoms with Crippen LogP contribution >= 0.6 is 11.3 Å². The van der Waals surface area contributed by atoms with Crippen molar-refractivity contribution in [3.63, 3.8) is 0 Å². The number of ether oxygens (including phenoxy) is 1. The Hall–Kier alpha value is -3.52. The molecule has 0 bridgehead atoms. The second-order valence-corrected chi connectivity index (χ2v) is 7.01. The van der Waals surface area contributed by atoms with Crippen molar-refractivity contribution in [2.45, 2.75) is 6.92 Å². The number of benzene rings is 1. The van der Waals surface area contributed by atoms with E-state index in [9.17, 15) is 9.18 Å². The van der Waals surface area contributed by atoms with E-state index in [4.69, 9.17) is 4.74 Å². The molecule has 0 radical (unpaired) electrons. The number of aromatic amines is 1. The summed E-state index contributed by atoms with van der Waals surface area (Å²) in [4.78, 5) is 23.9. The molecular formula is C20H15FN4O2S. The van der Waals surface area contributed by atoms with Gasteiger partial charge in [0.1, 0.15) is 17.3 Å². The van der Waals surface area contributed by atoms with Gasteiger partial charge in [0.05, 0.1) is 22.6 Å². The normalized spacial score (nSPS) is 10.6. The maximum atomic E-state index is 13.2. The molecule has 1 aromatic carbocycles. The van der Waals surface area contributed by atoms with Crippen LogP contribution in [0.25, 0.3) is 11.3 Å².